The lowest BCUT2D eigenvalue weighted by Crippen LogP contribution is -2.20. The van der Waals surface area contributed by atoms with Crippen LogP contribution in [0.15, 0.2) is 61.1 Å². The molecule has 0 radical (unpaired) electrons. The van der Waals surface area contributed by atoms with Crippen LogP contribution in [0.5, 0.6) is 5.75 Å². The van der Waals surface area contributed by atoms with E-state index >= 15 is 0 Å². The summed E-state index contributed by atoms with van der Waals surface area (Å²) < 4.78 is 21.8. The van der Waals surface area contributed by atoms with Crippen molar-refractivity contribution >= 4 is 39.9 Å². The van der Waals surface area contributed by atoms with E-state index in [0.717, 1.165) is 11.1 Å². The Kier molecular flexibility index (Phi) is 5.77. The Morgan fingerprint density at radius 3 is 2.61 bits per heavy atom. The fraction of sp³-hybridized carbons (Fsp3) is 0.130. The van der Waals surface area contributed by atoms with Crippen LogP contribution in [-0.2, 0) is 6.54 Å². The quantitative estimate of drug-likeness (QED) is 0.411. The molecule has 0 aliphatic rings. The lowest BCUT2D eigenvalue weighted by atomic mass is 10.2. The molecule has 8 heteroatoms. The Morgan fingerprint density at radius 2 is 1.87 bits per heavy atom. The molecule has 2 aromatic carbocycles. The molecule has 0 saturated carbocycles. The molecule has 0 aliphatic heterocycles. The molecule has 2 amide bonds. The van der Waals surface area contributed by atoms with E-state index in [1.165, 1.54) is 19.2 Å². The number of halogens is 2. The fourth-order valence-electron chi connectivity index (χ4n) is 3.40. The number of methoxy groups -OCH3 is 1. The summed E-state index contributed by atoms with van der Waals surface area (Å²) in [6.07, 6.45) is 5.18. The molecule has 0 fully saturated rings. The number of ether oxygens (including phenoxy) is 1. The lowest BCUT2D eigenvalue weighted by Gasteiger charge is -2.14. The third kappa shape index (κ3) is 4.32. The average Bonchev–Trinajstić information content (AvgIpc) is 3.18. The Balaban J connectivity index is 1.60. The number of carbonyl (C=O) groups is 1. The highest BCUT2D eigenvalue weighted by Gasteiger charge is 2.15. The molecule has 0 unspecified atom stereocenters. The second-order valence-corrected chi connectivity index (χ2v) is 7.44. The summed E-state index contributed by atoms with van der Waals surface area (Å²) in [6, 6.07) is 11.3. The number of nitrogens with one attached hydrogen (secondary N) is 2. The molecule has 31 heavy (non-hydrogen) atoms. The SMILES string of the molecule is COc1cc(C)c(Cl)cc1NC(=O)Nc1ccc(F)c2c1ccn2Cc1ccncc1. The number of hydrogen-bond donors (Lipinski definition) is 2. The van der Waals surface area contributed by atoms with E-state index in [2.05, 4.69) is 15.6 Å². The number of anilines is 2. The molecular weight excluding hydrogens is 419 g/mol. The summed E-state index contributed by atoms with van der Waals surface area (Å²) in [6.45, 7) is 2.33. The van der Waals surface area contributed by atoms with Gasteiger partial charge < -0.3 is 19.9 Å². The average molecular weight is 439 g/mol. The molecule has 0 atom stereocenters. The molecule has 4 aromatic rings. The van der Waals surface area contributed by atoms with Crippen molar-refractivity contribution in [3.8, 4) is 5.75 Å². The minimum atomic E-state index is -0.493. The molecule has 6 nitrogen and oxygen atoms in total. The number of nitrogens with zero attached hydrogens (tertiary/aromatic N) is 2. The minimum absolute atomic E-state index is 0.369. The predicted molar refractivity (Wildman–Crippen MR) is 121 cm³/mol. The summed E-state index contributed by atoms with van der Waals surface area (Å²) in [4.78, 5) is 16.6. The first kappa shape index (κ1) is 20.7. The standard InChI is InChI=1S/C23H20ClFN4O2/c1-14-11-21(31-2)20(12-17(14)24)28-23(30)27-19-4-3-18(25)22-16(19)7-10-29(22)13-15-5-8-26-9-6-15/h3-12H,13H2,1-2H3,(H2,27,28,30). The highest BCUT2D eigenvalue weighted by atomic mass is 35.5. The highest BCUT2D eigenvalue weighted by Crippen LogP contribution is 2.32. The molecule has 158 valence electrons. The predicted octanol–water partition coefficient (Wildman–Crippen LogP) is 5.84. The molecule has 2 N–H and O–H groups in total. The van der Waals surface area contributed by atoms with Crippen molar-refractivity contribution in [1.29, 1.82) is 0 Å². The third-order valence-electron chi connectivity index (χ3n) is 4.96. The molecule has 4 rings (SSSR count). The van der Waals surface area contributed by atoms with E-state index in [-0.39, 0.29) is 5.82 Å². The number of aryl methyl sites for hydroxylation is 1. The summed E-state index contributed by atoms with van der Waals surface area (Å²) in [7, 11) is 1.51. The number of carbonyl (C=O) groups excluding carboxylic acids is 1. The van der Waals surface area contributed by atoms with E-state index in [9.17, 15) is 9.18 Å². The number of hydrogen-bond acceptors (Lipinski definition) is 3. The molecule has 0 bridgehead atoms. The van der Waals surface area contributed by atoms with E-state index in [0.29, 0.717) is 39.6 Å². The fourth-order valence-corrected chi connectivity index (χ4v) is 3.57. The first-order valence-electron chi connectivity index (χ1n) is 9.54. The van der Waals surface area contributed by atoms with E-state index in [1.807, 2.05) is 19.1 Å². The van der Waals surface area contributed by atoms with Crippen LogP contribution in [0, 0.1) is 12.7 Å². The van der Waals surface area contributed by atoms with Crippen LogP contribution in [0.4, 0.5) is 20.6 Å². The van der Waals surface area contributed by atoms with Crippen molar-refractivity contribution in [3.63, 3.8) is 0 Å². The third-order valence-corrected chi connectivity index (χ3v) is 5.36. The van der Waals surface area contributed by atoms with Gasteiger partial charge in [0.1, 0.15) is 11.6 Å². The van der Waals surface area contributed by atoms with Crippen LogP contribution in [0.3, 0.4) is 0 Å². The first-order chi connectivity index (χ1) is 15.0. The van der Waals surface area contributed by atoms with Gasteiger partial charge in [0, 0.05) is 35.5 Å². The second-order valence-electron chi connectivity index (χ2n) is 7.04. The smallest absolute Gasteiger partial charge is 0.323 e. The van der Waals surface area contributed by atoms with E-state index < -0.39 is 6.03 Å². The largest absolute Gasteiger partial charge is 0.495 e. The van der Waals surface area contributed by atoms with Gasteiger partial charge in [-0.05, 0) is 60.5 Å². The molecular formula is C23H20ClFN4O2. The number of amides is 2. The zero-order valence-corrected chi connectivity index (χ0v) is 17.7. The van der Waals surface area contributed by atoms with Gasteiger partial charge in [0.05, 0.1) is 24.0 Å². The normalized spacial score (nSPS) is 10.8. The van der Waals surface area contributed by atoms with Crippen molar-refractivity contribution in [2.24, 2.45) is 0 Å². The van der Waals surface area contributed by atoms with Gasteiger partial charge >= 0.3 is 6.03 Å². The summed E-state index contributed by atoms with van der Waals surface area (Å²) in [5.74, 6) is 0.122. The van der Waals surface area contributed by atoms with Crippen LogP contribution < -0.4 is 15.4 Å². The number of benzene rings is 2. The van der Waals surface area contributed by atoms with Crippen LogP contribution in [0.25, 0.3) is 10.9 Å². The van der Waals surface area contributed by atoms with Crippen molar-refractivity contribution in [2.75, 3.05) is 17.7 Å². The maximum atomic E-state index is 14.6. The van der Waals surface area contributed by atoms with Gasteiger partial charge in [-0.15, -0.1) is 0 Å². The van der Waals surface area contributed by atoms with Crippen LogP contribution in [0.1, 0.15) is 11.1 Å². The molecule has 0 spiro atoms. The van der Waals surface area contributed by atoms with Crippen molar-refractivity contribution in [1.82, 2.24) is 9.55 Å². The lowest BCUT2D eigenvalue weighted by molar-refractivity contribution is 0.262. The van der Waals surface area contributed by atoms with Gasteiger partial charge in [-0.1, -0.05) is 11.6 Å². The Labute approximate surface area is 183 Å². The van der Waals surface area contributed by atoms with Crippen molar-refractivity contribution < 1.29 is 13.9 Å². The summed E-state index contributed by atoms with van der Waals surface area (Å²) in [5, 5.41) is 6.62. The van der Waals surface area contributed by atoms with Gasteiger partial charge in [0.25, 0.3) is 0 Å². The molecule has 0 aliphatic carbocycles. The Bertz CT molecular complexity index is 1260. The van der Waals surface area contributed by atoms with Crippen molar-refractivity contribution in [3.05, 3.63) is 83.0 Å². The maximum Gasteiger partial charge on any atom is 0.323 e. The Morgan fingerprint density at radius 1 is 1.13 bits per heavy atom. The van der Waals surface area contributed by atoms with Crippen LogP contribution >= 0.6 is 11.6 Å². The number of urea groups is 1. The second kappa shape index (κ2) is 8.65. The van der Waals surface area contributed by atoms with Crippen LogP contribution in [0.2, 0.25) is 5.02 Å². The van der Waals surface area contributed by atoms with E-state index in [1.54, 1.807) is 41.4 Å². The number of aromatic nitrogens is 2. The maximum absolute atomic E-state index is 14.6. The van der Waals surface area contributed by atoms with E-state index in [4.69, 9.17) is 16.3 Å². The molecule has 2 heterocycles. The van der Waals surface area contributed by atoms with Gasteiger partial charge in [-0.25, -0.2) is 9.18 Å². The number of rotatable bonds is 5. The number of fused-ring (bicyclic) bond motifs is 1. The zero-order valence-electron chi connectivity index (χ0n) is 16.9. The summed E-state index contributed by atoms with van der Waals surface area (Å²) >= 11 is 6.18. The molecule has 0 saturated heterocycles. The van der Waals surface area contributed by atoms with Gasteiger partial charge in [0.15, 0.2) is 0 Å². The monoisotopic (exact) mass is 438 g/mol. The highest BCUT2D eigenvalue weighted by molar-refractivity contribution is 6.31. The minimum Gasteiger partial charge on any atom is -0.495 e. The van der Waals surface area contributed by atoms with Crippen LogP contribution in [-0.4, -0.2) is 22.7 Å². The van der Waals surface area contributed by atoms with Gasteiger partial charge in [-0.2, -0.15) is 0 Å². The topological polar surface area (TPSA) is 68.2 Å². The van der Waals surface area contributed by atoms with Gasteiger partial charge in [0.2, 0.25) is 0 Å². The first-order valence-corrected chi connectivity index (χ1v) is 9.92. The number of pyridine rings is 1. The Hall–Kier alpha value is -3.58. The van der Waals surface area contributed by atoms with Crippen molar-refractivity contribution in [2.45, 2.75) is 13.5 Å². The summed E-state index contributed by atoms with van der Waals surface area (Å²) in [5.41, 5.74) is 3.15. The van der Waals surface area contributed by atoms with Gasteiger partial charge in [-0.3, -0.25) is 4.98 Å². The molecule has 2 aromatic heterocycles. The zero-order chi connectivity index (χ0) is 22.0.